The maximum atomic E-state index is 12.4. The van der Waals surface area contributed by atoms with Gasteiger partial charge in [0, 0.05) is 22.4 Å². The van der Waals surface area contributed by atoms with Crippen molar-refractivity contribution in [2.45, 2.75) is 19.4 Å². The maximum absolute atomic E-state index is 12.4. The Morgan fingerprint density at radius 3 is 3.05 bits per heavy atom. The first-order valence-corrected chi connectivity index (χ1v) is 8.94. The van der Waals surface area contributed by atoms with Crippen LogP contribution < -0.4 is 0 Å². The average molecular weight is 368 g/mol. The largest absolute Gasteiger partial charge is 0.332 e. The summed E-state index contributed by atoms with van der Waals surface area (Å²) in [5, 5.41) is 2.12. The molecular weight excluding hydrogens is 354 g/mol. The van der Waals surface area contributed by atoms with Gasteiger partial charge < -0.3 is 4.90 Å². The molecule has 0 N–H and O–H groups in total. The summed E-state index contributed by atoms with van der Waals surface area (Å²) in [7, 11) is 0. The zero-order valence-corrected chi connectivity index (χ0v) is 14.2. The van der Waals surface area contributed by atoms with Crippen molar-refractivity contribution < 1.29 is 4.79 Å². The van der Waals surface area contributed by atoms with E-state index in [1.807, 2.05) is 23.1 Å². The summed E-state index contributed by atoms with van der Waals surface area (Å²) < 4.78 is 1.08. The van der Waals surface area contributed by atoms with E-state index >= 15 is 0 Å². The lowest BCUT2D eigenvalue weighted by atomic mass is 10.0. The van der Waals surface area contributed by atoms with E-state index in [4.69, 9.17) is 0 Å². The summed E-state index contributed by atoms with van der Waals surface area (Å²) in [5.74, 6) is 0.0962. The lowest BCUT2D eigenvalue weighted by Gasteiger charge is -2.32. The molecule has 0 aliphatic carbocycles. The minimum Gasteiger partial charge on any atom is -0.332 e. The quantitative estimate of drug-likeness (QED) is 0.702. The first-order valence-electron chi connectivity index (χ1n) is 6.45. The Kier molecular flexibility index (Phi) is 4.10. The molecule has 0 radical (unpaired) electrons. The molecule has 104 valence electrons. The molecule has 1 aliphatic heterocycles. The second-order valence-electron chi connectivity index (χ2n) is 4.73. The number of carbonyl (C=O) groups is 1. The highest BCUT2D eigenvalue weighted by Gasteiger charge is 2.26. The molecule has 1 atom stereocenters. The van der Waals surface area contributed by atoms with Crippen LogP contribution in [0.25, 0.3) is 6.08 Å². The Hall–Kier alpha value is -0.910. The highest BCUT2D eigenvalue weighted by molar-refractivity contribution is 9.11. The molecule has 1 aliphatic rings. The number of amides is 1. The van der Waals surface area contributed by atoms with Gasteiger partial charge in [0.25, 0.3) is 0 Å². The second kappa shape index (κ2) is 5.84. The van der Waals surface area contributed by atoms with Gasteiger partial charge in [-0.25, -0.2) is 0 Å². The van der Waals surface area contributed by atoms with Crippen LogP contribution in [0.3, 0.4) is 0 Å². The molecule has 5 heteroatoms. The van der Waals surface area contributed by atoms with Gasteiger partial charge in [0.1, 0.15) is 0 Å². The molecular formula is C15H14BrNOS2. The Labute approximate surface area is 134 Å². The topological polar surface area (TPSA) is 20.3 Å². The van der Waals surface area contributed by atoms with Crippen LogP contribution in [-0.4, -0.2) is 17.4 Å². The molecule has 0 aromatic carbocycles. The number of fused-ring (bicyclic) bond motifs is 1. The smallest absolute Gasteiger partial charge is 0.247 e. The van der Waals surface area contributed by atoms with E-state index in [0.717, 1.165) is 21.6 Å². The van der Waals surface area contributed by atoms with Crippen LogP contribution >= 0.6 is 38.6 Å². The van der Waals surface area contributed by atoms with Crippen LogP contribution in [0.15, 0.2) is 33.4 Å². The maximum Gasteiger partial charge on any atom is 0.247 e. The monoisotopic (exact) mass is 367 g/mol. The van der Waals surface area contributed by atoms with Crippen molar-refractivity contribution in [2.75, 3.05) is 6.54 Å². The molecule has 3 heterocycles. The Morgan fingerprint density at radius 1 is 1.45 bits per heavy atom. The standard InChI is InChI=1S/C15H14BrNOS2/c1-10-12-7-9-19-13(12)6-8-17(10)15(18)5-3-11-2-4-14(16)20-11/h2-5,7,9-10H,6,8H2,1H3/b5-3+. The molecule has 2 nitrogen and oxygen atoms in total. The summed E-state index contributed by atoms with van der Waals surface area (Å²) in [4.78, 5) is 16.8. The third-order valence-corrected chi connectivity index (χ3v) is 6.13. The molecule has 2 aromatic rings. The van der Waals surface area contributed by atoms with Gasteiger partial charge in [-0.3, -0.25) is 4.79 Å². The molecule has 0 saturated heterocycles. The lowest BCUT2D eigenvalue weighted by molar-refractivity contribution is -0.128. The SMILES string of the molecule is CC1c2ccsc2CCN1C(=O)/C=C/c1ccc(Br)s1. The Balaban J connectivity index is 1.74. The molecule has 20 heavy (non-hydrogen) atoms. The zero-order chi connectivity index (χ0) is 14.1. The minimum atomic E-state index is 0.0962. The van der Waals surface area contributed by atoms with E-state index in [-0.39, 0.29) is 11.9 Å². The number of hydrogen-bond acceptors (Lipinski definition) is 3. The van der Waals surface area contributed by atoms with E-state index in [0.29, 0.717) is 0 Å². The van der Waals surface area contributed by atoms with Crippen molar-refractivity contribution in [3.8, 4) is 0 Å². The Bertz CT molecular complexity index is 658. The Morgan fingerprint density at radius 2 is 2.30 bits per heavy atom. The van der Waals surface area contributed by atoms with Crippen LogP contribution in [0.1, 0.15) is 28.3 Å². The first-order chi connectivity index (χ1) is 9.65. The molecule has 2 aromatic heterocycles. The molecule has 0 bridgehead atoms. The first kappa shape index (κ1) is 14.0. The number of carbonyl (C=O) groups excluding carboxylic acids is 1. The highest BCUT2D eigenvalue weighted by atomic mass is 79.9. The molecule has 0 saturated carbocycles. The molecule has 1 amide bonds. The predicted octanol–water partition coefficient (Wildman–Crippen LogP) is 4.73. The van der Waals surface area contributed by atoms with Crippen LogP contribution in [-0.2, 0) is 11.2 Å². The van der Waals surface area contributed by atoms with E-state index in [9.17, 15) is 4.79 Å². The van der Waals surface area contributed by atoms with Crippen molar-refractivity contribution in [1.82, 2.24) is 4.90 Å². The van der Waals surface area contributed by atoms with Crippen LogP contribution in [0.5, 0.6) is 0 Å². The van der Waals surface area contributed by atoms with Gasteiger partial charge in [-0.1, -0.05) is 0 Å². The summed E-state index contributed by atoms with van der Waals surface area (Å²) in [6.45, 7) is 2.92. The minimum absolute atomic E-state index is 0.0962. The normalized spacial score (nSPS) is 18.5. The molecule has 0 spiro atoms. The lowest BCUT2D eigenvalue weighted by Crippen LogP contribution is -2.37. The number of rotatable bonds is 2. The van der Waals surface area contributed by atoms with E-state index < -0.39 is 0 Å². The fourth-order valence-corrected chi connectivity index (χ4v) is 4.77. The summed E-state index contributed by atoms with van der Waals surface area (Å²) in [6, 6.07) is 6.33. The summed E-state index contributed by atoms with van der Waals surface area (Å²) >= 11 is 6.85. The summed E-state index contributed by atoms with van der Waals surface area (Å²) in [6.07, 6.45) is 4.56. The van der Waals surface area contributed by atoms with E-state index in [1.54, 1.807) is 28.7 Å². The third kappa shape index (κ3) is 2.75. The van der Waals surface area contributed by atoms with Gasteiger partial charge in [-0.15, -0.1) is 22.7 Å². The fourth-order valence-electron chi connectivity index (χ4n) is 2.48. The van der Waals surface area contributed by atoms with Gasteiger partial charge in [0.05, 0.1) is 9.83 Å². The van der Waals surface area contributed by atoms with Crippen LogP contribution in [0.2, 0.25) is 0 Å². The van der Waals surface area contributed by atoms with Crippen molar-refractivity contribution >= 4 is 50.6 Å². The van der Waals surface area contributed by atoms with Crippen molar-refractivity contribution in [3.63, 3.8) is 0 Å². The van der Waals surface area contributed by atoms with Crippen molar-refractivity contribution in [3.05, 3.63) is 48.8 Å². The van der Waals surface area contributed by atoms with Crippen molar-refractivity contribution in [1.29, 1.82) is 0 Å². The van der Waals surface area contributed by atoms with Gasteiger partial charge in [-0.05, 0) is 64.5 Å². The van der Waals surface area contributed by atoms with Crippen molar-refractivity contribution in [2.24, 2.45) is 0 Å². The van der Waals surface area contributed by atoms with Crippen LogP contribution in [0, 0.1) is 0 Å². The zero-order valence-electron chi connectivity index (χ0n) is 11.0. The molecule has 0 fully saturated rings. The molecule has 1 unspecified atom stereocenters. The fraction of sp³-hybridized carbons (Fsp3) is 0.267. The van der Waals surface area contributed by atoms with Gasteiger partial charge in [0.15, 0.2) is 0 Å². The predicted molar refractivity (Wildman–Crippen MR) is 89.2 cm³/mol. The second-order valence-corrected chi connectivity index (χ2v) is 8.23. The van der Waals surface area contributed by atoms with E-state index in [1.165, 1.54) is 10.4 Å². The van der Waals surface area contributed by atoms with Crippen LogP contribution in [0.4, 0.5) is 0 Å². The molecule has 3 rings (SSSR count). The number of halogens is 1. The number of nitrogens with zero attached hydrogens (tertiary/aromatic N) is 1. The van der Waals surface area contributed by atoms with Gasteiger partial charge in [-0.2, -0.15) is 0 Å². The van der Waals surface area contributed by atoms with E-state index in [2.05, 4.69) is 34.3 Å². The average Bonchev–Trinajstić information content (AvgIpc) is 3.05. The highest BCUT2D eigenvalue weighted by Crippen LogP contribution is 2.33. The van der Waals surface area contributed by atoms with Gasteiger partial charge in [0.2, 0.25) is 5.91 Å². The number of hydrogen-bond donors (Lipinski definition) is 0. The van der Waals surface area contributed by atoms with Gasteiger partial charge >= 0.3 is 0 Å². The summed E-state index contributed by atoms with van der Waals surface area (Å²) in [5.41, 5.74) is 1.31. The number of thiophene rings is 2. The third-order valence-electron chi connectivity index (χ3n) is 3.54.